The second-order valence-electron chi connectivity index (χ2n) is 3.30. The third kappa shape index (κ3) is 3.44. The van der Waals surface area contributed by atoms with Crippen molar-refractivity contribution >= 4 is 17.6 Å². The van der Waals surface area contributed by atoms with Crippen LogP contribution in [0, 0.1) is 21.7 Å². The molecule has 0 aromatic heterocycles. The van der Waals surface area contributed by atoms with Gasteiger partial charge in [-0.05, 0) is 6.07 Å². The number of halogens is 2. The molecule has 0 aliphatic rings. The molecule has 1 aromatic carbocycles. The van der Waals surface area contributed by atoms with Gasteiger partial charge in [-0.25, -0.2) is 4.39 Å². The van der Waals surface area contributed by atoms with Gasteiger partial charge in [-0.15, -0.1) is 0 Å². The lowest BCUT2D eigenvalue weighted by Crippen LogP contribution is -2.31. The molecule has 0 heterocycles. The van der Waals surface area contributed by atoms with Crippen LogP contribution in [0.3, 0.4) is 0 Å². The summed E-state index contributed by atoms with van der Waals surface area (Å²) in [7, 11) is 1.07. The largest absolute Gasteiger partial charge is 0.468 e. The Morgan fingerprint density at radius 1 is 1.42 bits per heavy atom. The van der Waals surface area contributed by atoms with Crippen LogP contribution in [0.2, 0.25) is 0 Å². The molecule has 102 valence electrons. The summed E-state index contributed by atoms with van der Waals surface area (Å²) in [5.41, 5.74) is -2.03. The maximum Gasteiger partial charge on any atom is 0.325 e. The summed E-state index contributed by atoms with van der Waals surface area (Å²) in [6.45, 7) is -0.570. The molecule has 0 fully saturated rings. The number of methoxy groups -OCH3 is 1. The van der Waals surface area contributed by atoms with Crippen molar-refractivity contribution in [1.82, 2.24) is 5.32 Å². The number of carbonyl (C=O) groups excluding carboxylic acids is 2. The Kier molecular flexibility index (Phi) is 4.46. The first-order valence-corrected chi connectivity index (χ1v) is 4.85. The van der Waals surface area contributed by atoms with Gasteiger partial charge < -0.3 is 10.1 Å². The fourth-order valence-electron chi connectivity index (χ4n) is 1.19. The summed E-state index contributed by atoms with van der Waals surface area (Å²) < 4.78 is 30.8. The van der Waals surface area contributed by atoms with Gasteiger partial charge in [0, 0.05) is 0 Å². The number of esters is 1. The van der Waals surface area contributed by atoms with E-state index in [-0.39, 0.29) is 0 Å². The minimum Gasteiger partial charge on any atom is -0.468 e. The van der Waals surface area contributed by atoms with Crippen LogP contribution in [0.4, 0.5) is 14.5 Å². The highest BCUT2D eigenvalue weighted by Crippen LogP contribution is 2.22. The Morgan fingerprint density at radius 3 is 2.58 bits per heavy atom. The van der Waals surface area contributed by atoms with Crippen molar-refractivity contribution in [3.05, 3.63) is 39.4 Å². The van der Waals surface area contributed by atoms with Gasteiger partial charge in [0.2, 0.25) is 5.82 Å². The minimum absolute atomic E-state index is 0.354. The van der Waals surface area contributed by atoms with E-state index in [4.69, 9.17) is 0 Å². The Morgan fingerprint density at radius 2 is 2.05 bits per heavy atom. The van der Waals surface area contributed by atoms with Gasteiger partial charge in [0.25, 0.3) is 5.91 Å². The SMILES string of the molecule is COC(=O)CNC(=O)c1cc(F)cc([N+](=O)[O-])c1F. The lowest BCUT2D eigenvalue weighted by atomic mass is 10.1. The molecule has 0 unspecified atom stereocenters. The quantitative estimate of drug-likeness (QED) is 0.497. The van der Waals surface area contributed by atoms with Crippen LogP contribution >= 0.6 is 0 Å². The van der Waals surface area contributed by atoms with E-state index in [9.17, 15) is 28.5 Å². The molecule has 0 spiro atoms. The smallest absolute Gasteiger partial charge is 0.325 e. The predicted octanol–water partition coefficient (Wildman–Crippen LogP) is 0.776. The van der Waals surface area contributed by atoms with E-state index in [1.54, 1.807) is 0 Å². The molecule has 0 radical (unpaired) electrons. The molecule has 0 bridgehead atoms. The zero-order valence-electron chi connectivity index (χ0n) is 9.61. The molecule has 1 rings (SSSR count). The number of nitro groups is 1. The second kappa shape index (κ2) is 5.85. The van der Waals surface area contributed by atoms with Gasteiger partial charge in [-0.3, -0.25) is 19.7 Å². The van der Waals surface area contributed by atoms with Crippen LogP contribution in [0.1, 0.15) is 10.4 Å². The van der Waals surface area contributed by atoms with Crippen molar-refractivity contribution in [2.24, 2.45) is 0 Å². The Balaban J connectivity index is 3.03. The van der Waals surface area contributed by atoms with Gasteiger partial charge in [-0.1, -0.05) is 0 Å². The molecule has 0 saturated carbocycles. The molecule has 0 aliphatic carbocycles. The molecule has 0 aliphatic heterocycles. The summed E-state index contributed by atoms with van der Waals surface area (Å²) in [6.07, 6.45) is 0. The average Bonchev–Trinajstić information content (AvgIpc) is 2.37. The Labute approximate surface area is 105 Å². The van der Waals surface area contributed by atoms with Crippen LogP contribution < -0.4 is 5.32 Å². The summed E-state index contributed by atoms with van der Waals surface area (Å²) in [5, 5.41) is 12.4. The van der Waals surface area contributed by atoms with Crippen LogP contribution in [0.25, 0.3) is 0 Å². The molecule has 1 amide bonds. The summed E-state index contributed by atoms with van der Waals surface area (Å²) in [6, 6.07) is 0.849. The van der Waals surface area contributed by atoms with Crippen molar-refractivity contribution in [2.45, 2.75) is 0 Å². The third-order valence-corrected chi connectivity index (χ3v) is 2.08. The number of hydrogen-bond donors (Lipinski definition) is 1. The van der Waals surface area contributed by atoms with Gasteiger partial charge >= 0.3 is 11.7 Å². The van der Waals surface area contributed by atoms with Gasteiger partial charge in [0.05, 0.1) is 23.7 Å². The van der Waals surface area contributed by atoms with Crippen LogP contribution in [-0.2, 0) is 9.53 Å². The third-order valence-electron chi connectivity index (χ3n) is 2.08. The first-order chi connectivity index (χ1) is 8.86. The summed E-state index contributed by atoms with van der Waals surface area (Å²) in [5.74, 6) is -4.59. The van der Waals surface area contributed by atoms with E-state index in [1.165, 1.54) is 0 Å². The maximum atomic E-state index is 13.6. The number of ether oxygens (including phenoxy) is 1. The first-order valence-electron chi connectivity index (χ1n) is 4.85. The number of nitrogens with one attached hydrogen (secondary N) is 1. The molecule has 7 nitrogen and oxygen atoms in total. The van der Waals surface area contributed by atoms with Gasteiger partial charge in [0.1, 0.15) is 12.4 Å². The van der Waals surface area contributed by atoms with Gasteiger partial charge in [-0.2, -0.15) is 4.39 Å². The predicted molar refractivity (Wildman–Crippen MR) is 57.4 cm³/mol. The molecule has 9 heteroatoms. The zero-order valence-corrected chi connectivity index (χ0v) is 9.61. The summed E-state index contributed by atoms with van der Waals surface area (Å²) in [4.78, 5) is 31.5. The normalized spacial score (nSPS) is 9.84. The van der Waals surface area contributed by atoms with Crippen molar-refractivity contribution < 1.29 is 28.0 Å². The number of carbonyl (C=O) groups is 2. The zero-order chi connectivity index (χ0) is 14.6. The molecule has 0 saturated heterocycles. The fraction of sp³-hybridized carbons (Fsp3) is 0.200. The van der Waals surface area contributed by atoms with Gasteiger partial charge in [0.15, 0.2) is 0 Å². The molecular formula is C10H8F2N2O5. The lowest BCUT2D eigenvalue weighted by Gasteiger charge is -2.05. The number of nitro benzene ring substituents is 1. The number of nitrogens with zero attached hydrogens (tertiary/aromatic N) is 1. The van der Waals surface area contributed by atoms with E-state index in [1.807, 2.05) is 5.32 Å². The van der Waals surface area contributed by atoms with Crippen molar-refractivity contribution in [2.75, 3.05) is 13.7 Å². The average molecular weight is 274 g/mol. The topological polar surface area (TPSA) is 98.5 Å². The Bertz CT molecular complexity index is 547. The number of rotatable bonds is 4. The van der Waals surface area contributed by atoms with Crippen LogP contribution in [0.15, 0.2) is 12.1 Å². The molecular weight excluding hydrogens is 266 g/mol. The molecule has 1 aromatic rings. The fourth-order valence-corrected chi connectivity index (χ4v) is 1.19. The molecule has 0 atom stereocenters. The van der Waals surface area contributed by atoms with Crippen molar-refractivity contribution in [1.29, 1.82) is 0 Å². The maximum absolute atomic E-state index is 13.6. The van der Waals surface area contributed by atoms with Crippen LogP contribution in [0.5, 0.6) is 0 Å². The van der Waals surface area contributed by atoms with E-state index in [2.05, 4.69) is 4.74 Å². The minimum atomic E-state index is -1.48. The lowest BCUT2D eigenvalue weighted by molar-refractivity contribution is -0.387. The van der Waals surface area contributed by atoms with Crippen molar-refractivity contribution in [3.8, 4) is 0 Å². The highest BCUT2D eigenvalue weighted by molar-refractivity contribution is 5.96. The molecule has 19 heavy (non-hydrogen) atoms. The molecule has 1 N–H and O–H groups in total. The van der Waals surface area contributed by atoms with Crippen LogP contribution in [-0.4, -0.2) is 30.5 Å². The standard InChI is InChI=1S/C10H8F2N2O5/c1-19-8(15)4-13-10(16)6-2-5(11)3-7(9(6)12)14(17)18/h2-3H,4H2,1H3,(H,13,16). The highest BCUT2D eigenvalue weighted by atomic mass is 19.1. The van der Waals surface area contributed by atoms with E-state index in [0.717, 1.165) is 7.11 Å². The Hall–Kier alpha value is -2.58. The number of amides is 1. The monoisotopic (exact) mass is 274 g/mol. The van der Waals surface area contributed by atoms with E-state index >= 15 is 0 Å². The number of hydrogen-bond acceptors (Lipinski definition) is 5. The second-order valence-corrected chi connectivity index (χ2v) is 3.30. The van der Waals surface area contributed by atoms with Crippen molar-refractivity contribution in [3.63, 3.8) is 0 Å². The number of benzene rings is 1. The van der Waals surface area contributed by atoms with E-state index < -0.39 is 46.2 Å². The highest BCUT2D eigenvalue weighted by Gasteiger charge is 2.24. The summed E-state index contributed by atoms with van der Waals surface area (Å²) >= 11 is 0. The first kappa shape index (κ1) is 14.5. The van der Waals surface area contributed by atoms with E-state index in [0.29, 0.717) is 12.1 Å².